The van der Waals surface area contributed by atoms with Crippen LogP contribution in [0.4, 0.5) is 21.1 Å². The number of nitrogens with zero attached hydrogens (tertiary/aromatic N) is 5. The molecule has 0 saturated heterocycles. The highest BCUT2D eigenvalue weighted by atomic mass is 35.5. The van der Waals surface area contributed by atoms with Crippen LogP contribution in [0.3, 0.4) is 0 Å². The summed E-state index contributed by atoms with van der Waals surface area (Å²) in [7, 11) is 0. The fraction of sp³-hybridized carbons (Fsp3) is 0.348. The molecule has 3 aromatic rings. The predicted octanol–water partition coefficient (Wildman–Crippen LogP) is 3.80. The van der Waals surface area contributed by atoms with Crippen molar-refractivity contribution in [3.63, 3.8) is 0 Å². The maximum absolute atomic E-state index is 13.7. The van der Waals surface area contributed by atoms with E-state index < -0.39 is 11.9 Å². The summed E-state index contributed by atoms with van der Waals surface area (Å²) in [6.45, 7) is 5.21. The van der Waals surface area contributed by atoms with Crippen LogP contribution in [0.2, 0.25) is 5.02 Å². The highest BCUT2D eigenvalue weighted by Gasteiger charge is 2.25. The van der Waals surface area contributed by atoms with E-state index in [2.05, 4.69) is 35.9 Å². The van der Waals surface area contributed by atoms with Crippen LogP contribution in [-0.2, 0) is 13.0 Å². The molecule has 178 valence electrons. The van der Waals surface area contributed by atoms with Crippen molar-refractivity contribution < 1.29 is 9.18 Å². The lowest BCUT2D eigenvalue weighted by Crippen LogP contribution is -2.45. The van der Waals surface area contributed by atoms with Gasteiger partial charge in [0.1, 0.15) is 5.82 Å². The molecule has 0 fully saturated rings. The molecule has 1 unspecified atom stereocenters. The standard InChI is InChI=1S/C23H26ClFN8O/c1-14(2)30-22-28-11-16-6-9-33(13-20(16)31-22)23(34)32-19(12-29-21-26-7-3-8-27-21)15-4-5-18(25)17(24)10-15/h3-5,7-8,10-11,14,19H,6,9,12-13H2,1-2H3,(H,32,34)(H,26,27,29)(H,28,30,31). The molecule has 2 amide bonds. The first-order valence-corrected chi connectivity index (χ1v) is 11.4. The van der Waals surface area contributed by atoms with Gasteiger partial charge in [-0.1, -0.05) is 17.7 Å². The minimum Gasteiger partial charge on any atom is -0.352 e. The molecule has 4 rings (SSSR count). The average molecular weight is 485 g/mol. The highest BCUT2D eigenvalue weighted by molar-refractivity contribution is 6.30. The maximum atomic E-state index is 13.7. The summed E-state index contributed by atoms with van der Waals surface area (Å²) in [6, 6.07) is 5.55. The lowest BCUT2D eigenvalue weighted by molar-refractivity contribution is 0.187. The smallest absolute Gasteiger partial charge is 0.318 e. The van der Waals surface area contributed by atoms with E-state index in [9.17, 15) is 9.18 Å². The molecule has 11 heteroatoms. The van der Waals surface area contributed by atoms with Crippen molar-refractivity contribution in [2.75, 3.05) is 23.7 Å². The van der Waals surface area contributed by atoms with E-state index in [4.69, 9.17) is 11.6 Å². The number of fused-ring (bicyclic) bond motifs is 1. The van der Waals surface area contributed by atoms with E-state index in [1.54, 1.807) is 29.4 Å². The zero-order valence-corrected chi connectivity index (χ0v) is 19.7. The molecule has 0 aliphatic carbocycles. The van der Waals surface area contributed by atoms with Crippen LogP contribution in [0.5, 0.6) is 0 Å². The Hall–Kier alpha value is -3.53. The molecule has 3 heterocycles. The summed E-state index contributed by atoms with van der Waals surface area (Å²) in [5.74, 6) is 0.443. The molecule has 3 N–H and O–H groups in total. The summed E-state index contributed by atoms with van der Waals surface area (Å²) in [5.41, 5.74) is 2.51. The molecule has 1 atom stereocenters. The van der Waals surface area contributed by atoms with Crippen molar-refractivity contribution in [2.45, 2.75) is 38.9 Å². The molecular weight excluding hydrogens is 459 g/mol. The first-order valence-electron chi connectivity index (χ1n) is 11.0. The van der Waals surface area contributed by atoms with Crippen LogP contribution in [0.25, 0.3) is 0 Å². The number of benzene rings is 1. The van der Waals surface area contributed by atoms with Gasteiger partial charge in [0.05, 0.1) is 23.3 Å². The van der Waals surface area contributed by atoms with E-state index in [0.717, 1.165) is 11.3 Å². The first kappa shape index (κ1) is 23.6. The number of hydrogen-bond acceptors (Lipinski definition) is 7. The summed E-state index contributed by atoms with van der Waals surface area (Å²) < 4.78 is 13.7. The molecule has 1 aliphatic heterocycles. The van der Waals surface area contributed by atoms with E-state index in [0.29, 0.717) is 37.0 Å². The first-order chi connectivity index (χ1) is 16.4. The minimum atomic E-state index is -0.520. The van der Waals surface area contributed by atoms with Gasteiger partial charge in [-0.25, -0.2) is 29.1 Å². The van der Waals surface area contributed by atoms with Gasteiger partial charge in [-0.05, 0) is 49.6 Å². The van der Waals surface area contributed by atoms with Crippen molar-refractivity contribution >= 4 is 29.5 Å². The molecule has 34 heavy (non-hydrogen) atoms. The monoisotopic (exact) mass is 484 g/mol. The number of anilines is 2. The van der Waals surface area contributed by atoms with E-state index in [1.807, 2.05) is 20.0 Å². The Morgan fingerprint density at radius 2 is 2.00 bits per heavy atom. The van der Waals surface area contributed by atoms with Gasteiger partial charge in [-0.2, -0.15) is 0 Å². The molecule has 9 nitrogen and oxygen atoms in total. The van der Waals surface area contributed by atoms with Gasteiger partial charge in [0, 0.05) is 37.7 Å². The van der Waals surface area contributed by atoms with Gasteiger partial charge in [0.15, 0.2) is 0 Å². The lowest BCUT2D eigenvalue weighted by atomic mass is 10.1. The van der Waals surface area contributed by atoms with Crippen molar-refractivity contribution in [2.24, 2.45) is 0 Å². The van der Waals surface area contributed by atoms with E-state index >= 15 is 0 Å². The van der Waals surface area contributed by atoms with E-state index in [-0.39, 0.29) is 23.6 Å². The predicted molar refractivity (Wildman–Crippen MR) is 128 cm³/mol. The largest absolute Gasteiger partial charge is 0.352 e. The minimum absolute atomic E-state index is 0.0125. The molecule has 0 bridgehead atoms. The fourth-order valence-electron chi connectivity index (χ4n) is 3.61. The number of aromatic nitrogens is 4. The Labute approximate surface area is 202 Å². The number of nitrogens with one attached hydrogen (secondary N) is 3. The number of urea groups is 1. The van der Waals surface area contributed by atoms with Gasteiger partial charge < -0.3 is 20.9 Å². The molecule has 0 saturated carbocycles. The third-order valence-corrected chi connectivity index (χ3v) is 5.61. The van der Waals surface area contributed by atoms with Crippen molar-refractivity contribution in [1.82, 2.24) is 30.2 Å². The fourth-order valence-corrected chi connectivity index (χ4v) is 3.80. The average Bonchev–Trinajstić information content (AvgIpc) is 2.83. The van der Waals surface area contributed by atoms with Gasteiger partial charge in [-0.3, -0.25) is 0 Å². The number of hydrogen-bond donors (Lipinski definition) is 3. The van der Waals surface area contributed by atoms with Gasteiger partial charge in [0.25, 0.3) is 0 Å². The SMILES string of the molecule is CC(C)Nc1ncc2c(n1)CN(C(=O)NC(CNc1ncccn1)c1ccc(F)c(Cl)c1)CC2. The number of amides is 2. The quantitative estimate of drug-likeness (QED) is 0.468. The van der Waals surface area contributed by atoms with Crippen molar-refractivity contribution in [1.29, 1.82) is 0 Å². The van der Waals surface area contributed by atoms with Gasteiger partial charge in [0.2, 0.25) is 11.9 Å². The lowest BCUT2D eigenvalue weighted by Gasteiger charge is -2.30. The third-order valence-electron chi connectivity index (χ3n) is 5.32. The Balaban J connectivity index is 1.49. The normalized spacial score (nSPS) is 13.9. The Morgan fingerprint density at radius 1 is 1.21 bits per heavy atom. The Bertz CT molecular complexity index is 1150. The van der Waals surface area contributed by atoms with Crippen molar-refractivity contribution in [3.05, 3.63) is 70.5 Å². The molecule has 1 aromatic carbocycles. The third kappa shape index (κ3) is 5.88. The molecule has 0 radical (unpaired) electrons. The molecular formula is C23H26ClFN8O. The second-order valence-corrected chi connectivity index (χ2v) is 8.67. The summed E-state index contributed by atoms with van der Waals surface area (Å²) in [6.07, 6.45) is 5.71. The summed E-state index contributed by atoms with van der Waals surface area (Å²) in [4.78, 5) is 32.1. The summed E-state index contributed by atoms with van der Waals surface area (Å²) in [5, 5.41) is 9.31. The van der Waals surface area contributed by atoms with Gasteiger partial charge >= 0.3 is 6.03 Å². The summed E-state index contributed by atoms with van der Waals surface area (Å²) >= 11 is 6.00. The van der Waals surface area contributed by atoms with Crippen LogP contribution in [-0.4, -0.2) is 50.0 Å². The van der Waals surface area contributed by atoms with Crippen LogP contribution >= 0.6 is 11.6 Å². The van der Waals surface area contributed by atoms with Gasteiger partial charge in [-0.15, -0.1) is 0 Å². The Morgan fingerprint density at radius 3 is 2.74 bits per heavy atom. The van der Waals surface area contributed by atoms with Crippen molar-refractivity contribution in [3.8, 4) is 0 Å². The molecule has 1 aliphatic rings. The topological polar surface area (TPSA) is 108 Å². The second-order valence-electron chi connectivity index (χ2n) is 8.27. The number of carbonyl (C=O) groups is 1. The Kier molecular flexibility index (Phi) is 7.36. The molecule has 0 spiro atoms. The van der Waals surface area contributed by atoms with Crippen LogP contribution < -0.4 is 16.0 Å². The van der Waals surface area contributed by atoms with Crippen LogP contribution in [0.1, 0.15) is 36.7 Å². The van der Waals surface area contributed by atoms with E-state index in [1.165, 1.54) is 12.1 Å². The maximum Gasteiger partial charge on any atom is 0.318 e. The number of halogens is 2. The van der Waals surface area contributed by atoms with Crippen LogP contribution in [0.15, 0.2) is 42.9 Å². The zero-order chi connectivity index (χ0) is 24.1. The number of carbonyl (C=O) groups excluding carboxylic acids is 1. The second kappa shape index (κ2) is 10.6. The molecule has 2 aromatic heterocycles. The highest BCUT2D eigenvalue weighted by Crippen LogP contribution is 2.23. The van der Waals surface area contributed by atoms with Crippen LogP contribution in [0, 0.1) is 5.82 Å². The zero-order valence-electron chi connectivity index (χ0n) is 18.9. The number of rotatable bonds is 7.